The molecule has 2 N–H and O–H groups in total. The van der Waals surface area contributed by atoms with Crippen molar-refractivity contribution in [1.82, 2.24) is 15.0 Å². The number of nitrogens with one attached hydrogen (secondary N) is 2. The van der Waals surface area contributed by atoms with Gasteiger partial charge in [-0.15, -0.1) is 0 Å². The van der Waals surface area contributed by atoms with E-state index in [1.807, 2.05) is 43.3 Å². The summed E-state index contributed by atoms with van der Waals surface area (Å²) in [5.74, 6) is 1.80. The van der Waals surface area contributed by atoms with E-state index in [0.717, 1.165) is 34.4 Å². The summed E-state index contributed by atoms with van der Waals surface area (Å²) in [7, 11) is 0. The molecule has 0 bridgehead atoms. The van der Waals surface area contributed by atoms with E-state index in [1.165, 1.54) is 0 Å². The maximum Gasteiger partial charge on any atom is 0.262 e. The molecule has 1 aliphatic carbocycles. The maximum atomic E-state index is 13.2. The first-order chi connectivity index (χ1) is 17.5. The molecule has 182 valence electrons. The number of nitrogens with zero attached hydrogens (tertiary/aromatic N) is 2. The first kappa shape index (κ1) is 22.3. The molecule has 36 heavy (non-hydrogen) atoms. The average molecular weight is 483 g/mol. The number of ketones is 1. The van der Waals surface area contributed by atoms with Gasteiger partial charge < -0.3 is 14.8 Å². The topological polar surface area (TPSA) is 106 Å². The van der Waals surface area contributed by atoms with Gasteiger partial charge >= 0.3 is 0 Å². The Morgan fingerprint density at radius 3 is 2.78 bits per heavy atom. The molecule has 1 unspecified atom stereocenters. The zero-order chi connectivity index (χ0) is 24.6. The van der Waals surface area contributed by atoms with Gasteiger partial charge in [-0.1, -0.05) is 35.9 Å². The Bertz CT molecular complexity index is 1540. The summed E-state index contributed by atoms with van der Waals surface area (Å²) < 4.78 is 11.4. The smallest absolute Gasteiger partial charge is 0.262 e. The van der Waals surface area contributed by atoms with Crippen LogP contribution in [0.4, 0.5) is 5.95 Å². The summed E-state index contributed by atoms with van der Waals surface area (Å²) in [6.07, 6.45) is 3.41. The van der Waals surface area contributed by atoms with Crippen molar-refractivity contribution < 1.29 is 14.3 Å². The molecular formula is C28H26N4O4. The number of hydrogen-bond donors (Lipinski definition) is 2. The second-order valence-corrected chi connectivity index (χ2v) is 9.39. The lowest BCUT2D eigenvalue weighted by Crippen LogP contribution is -2.23. The van der Waals surface area contributed by atoms with Crippen LogP contribution < -0.4 is 20.3 Å². The van der Waals surface area contributed by atoms with E-state index in [0.29, 0.717) is 60.9 Å². The van der Waals surface area contributed by atoms with Gasteiger partial charge in [0.1, 0.15) is 0 Å². The number of aryl methyl sites for hydroxylation is 1. The number of rotatable bonds is 4. The van der Waals surface area contributed by atoms with E-state index >= 15 is 0 Å². The summed E-state index contributed by atoms with van der Waals surface area (Å²) in [6, 6.07) is 14.0. The van der Waals surface area contributed by atoms with Crippen LogP contribution >= 0.6 is 0 Å². The van der Waals surface area contributed by atoms with Crippen molar-refractivity contribution in [2.45, 2.75) is 38.6 Å². The SMILES string of the molecule is Cc1cccc(C2CC(=O)c3cnc4nc(NCc5ccc6c(c5)OCCCO6)[nH]c(=O)c4c3C2)c1. The Labute approximate surface area is 207 Å². The van der Waals surface area contributed by atoms with Crippen LogP contribution in [0.1, 0.15) is 51.4 Å². The van der Waals surface area contributed by atoms with Gasteiger partial charge in [0.25, 0.3) is 5.56 Å². The van der Waals surface area contributed by atoms with E-state index in [2.05, 4.69) is 26.3 Å². The Morgan fingerprint density at radius 1 is 1.06 bits per heavy atom. The lowest BCUT2D eigenvalue weighted by Gasteiger charge is -2.24. The third-order valence-corrected chi connectivity index (χ3v) is 6.81. The first-order valence-electron chi connectivity index (χ1n) is 12.2. The van der Waals surface area contributed by atoms with E-state index in [9.17, 15) is 9.59 Å². The zero-order valence-electron chi connectivity index (χ0n) is 20.0. The normalized spacial score (nSPS) is 16.9. The standard InChI is InChI=1S/C28H26N4O4/c1-16-4-2-5-18(10-16)19-12-20-21(22(33)13-19)15-29-26-25(20)27(34)32-28(31-26)30-14-17-6-7-23-24(11-17)36-9-3-8-35-23/h2,4-7,10-11,15,19H,3,8-9,12-14H2,1H3,(H2,29,30,31,32,34). The molecule has 3 heterocycles. The van der Waals surface area contributed by atoms with Crippen molar-refractivity contribution in [2.24, 2.45) is 0 Å². The minimum Gasteiger partial charge on any atom is -0.490 e. The van der Waals surface area contributed by atoms with E-state index < -0.39 is 0 Å². The van der Waals surface area contributed by atoms with Crippen molar-refractivity contribution in [2.75, 3.05) is 18.5 Å². The van der Waals surface area contributed by atoms with Gasteiger partial charge in [0.15, 0.2) is 22.9 Å². The Balaban J connectivity index is 1.29. The molecule has 2 aromatic heterocycles. The van der Waals surface area contributed by atoms with E-state index in [-0.39, 0.29) is 17.3 Å². The maximum absolute atomic E-state index is 13.2. The molecule has 0 spiro atoms. The highest BCUT2D eigenvalue weighted by molar-refractivity contribution is 6.02. The third kappa shape index (κ3) is 4.19. The number of anilines is 1. The Hall–Kier alpha value is -4.20. The number of pyridine rings is 1. The molecule has 0 radical (unpaired) electrons. The number of aromatic nitrogens is 3. The highest BCUT2D eigenvalue weighted by Crippen LogP contribution is 2.35. The van der Waals surface area contributed by atoms with Crippen LogP contribution in [-0.4, -0.2) is 33.9 Å². The average Bonchev–Trinajstić information content (AvgIpc) is 3.12. The molecule has 0 saturated carbocycles. The summed E-state index contributed by atoms with van der Waals surface area (Å²) in [5, 5.41) is 3.56. The summed E-state index contributed by atoms with van der Waals surface area (Å²) in [6.45, 7) is 3.73. The molecule has 8 nitrogen and oxygen atoms in total. The van der Waals surface area contributed by atoms with Gasteiger partial charge in [-0.3, -0.25) is 14.6 Å². The Morgan fingerprint density at radius 2 is 1.92 bits per heavy atom. The van der Waals surface area contributed by atoms with Gasteiger partial charge in [-0.25, -0.2) is 4.98 Å². The predicted molar refractivity (Wildman–Crippen MR) is 136 cm³/mol. The van der Waals surface area contributed by atoms with Crippen LogP contribution in [0, 0.1) is 6.92 Å². The third-order valence-electron chi connectivity index (χ3n) is 6.81. The van der Waals surface area contributed by atoms with Crippen LogP contribution in [0.25, 0.3) is 11.0 Å². The minimum atomic E-state index is -0.303. The largest absolute Gasteiger partial charge is 0.490 e. The number of hydrogen-bond acceptors (Lipinski definition) is 7. The molecule has 0 saturated heterocycles. The highest BCUT2D eigenvalue weighted by atomic mass is 16.5. The van der Waals surface area contributed by atoms with Crippen molar-refractivity contribution >= 4 is 22.8 Å². The second kappa shape index (κ2) is 9.11. The van der Waals surface area contributed by atoms with E-state index in [4.69, 9.17) is 9.47 Å². The lowest BCUT2D eigenvalue weighted by molar-refractivity contribution is 0.0964. The molecular weight excluding hydrogens is 456 g/mol. The number of fused-ring (bicyclic) bond motifs is 4. The molecule has 0 fully saturated rings. The molecule has 4 aromatic rings. The van der Waals surface area contributed by atoms with Crippen LogP contribution in [0.5, 0.6) is 11.5 Å². The number of Topliss-reactive ketones (excluding diaryl/α,β-unsaturated/α-hetero) is 1. The van der Waals surface area contributed by atoms with Gasteiger partial charge in [0.2, 0.25) is 5.95 Å². The van der Waals surface area contributed by atoms with Crippen LogP contribution in [-0.2, 0) is 13.0 Å². The quantitative estimate of drug-likeness (QED) is 0.446. The number of ether oxygens (including phenoxy) is 2. The summed E-state index contributed by atoms with van der Waals surface area (Å²) in [4.78, 5) is 37.9. The van der Waals surface area contributed by atoms with Gasteiger partial charge in [0, 0.05) is 31.1 Å². The molecule has 2 aromatic carbocycles. The number of aromatic amines is 1. The Kier molecular flexibility index (Phi) is 5.64. The van der Waals surface area contributed by atoms with Crippen molar-refractivity contribution in [3.63, 3.8) is 0 Å². The van der Waals surface area contributed by atoms with Crippen LogP contribution in [0.3, 0.4) is 0 Å². The monoisotopic (exact) mass is 482 g/mol. The lowest BCUT2D eigenvalue weighted by atomic mass is 9.79. The van der Waals surface area contributed by atoms with Gasteiger partial charge in [-0.05, 0) is 48.1 Å². The van der Waals surface area contributed by atoms with Gasteiger partial charge in [-0.2, -0.15) is 4.98 Å². The zero-order valence-corrected chi connectivity index (χ0v) is 20.0. The number of H-pyrrole nitrogens is 1. The summed E-state index contributed by atoms with van der Waals surface area (Å²) in [5.41, 5.74) is 4.50. The molecule has 1 atom stereocenters. The first-order valence-corrected chi connectivity index (χ1v) is 12.2. The van der Waals surface area contributed by atoms with Crippen molar-refractivity contribution in [1.29, 1.82) is 0 Å². The second-order valence-electron chi connectivity index (χ2n) is 9.39. The highest BCUT2D eigenvalue weighted by Gasteiger charge is 2.29. The predicted octanol–water partition coefficient (Wildman–Crippen LogP) is 4.31. The molecule has 2 aliphatic rings. The minimum absolute atomic E-state index is 0.00756. The van der Waals surface area contributed by atoms with E-state index in [1.54, 1.807) is 6.20 Å². The number of benzene rings is 2. The molecule has 8 heteroatoms. The fraction of sp³-hybridized carbons (Fsp3) is 0.286. The summed E-state index contributed by atoms with van der Waals surface area (Å²) >= 11 is 0. The molecule has 1 aliphatic heterocycles. The van der Waals surface area contributed by atoms with Crippen LogP contribution in [0.2, 0.25) is 0 Å². The fourth-order valence-corrected chi connectivity index (χ4v) is 5.02. The molecule has 6 rings (SSSR count). The number of carbonyl (C=O) groups excluding carboxylic acids is 1. The van der Waals surface area contributed by atoms with Gasteiger partial charge in [0.05, 0.1) is 18.6 Å². The van der Waals surface area contributed by atoms with Crippen molar-refractivity contribution in [3.05, 3.63) is 86.8 Å². The molecule has 0 amide bonds. The van der Waals surface area contributed by atoms with Crippen LogP contribution in [0.15, 0.2) is 53.5 Å². The fourth-order valence-electron chi connectivity index (χ4n) is 5.02. The number of carbonyl (C=O) groups is 1. The van der Waals surface area contributed by atoms with Crippen molar-refractivity contribution in [3.8, 4) is 11.5 Å².